The summed E-state index contributed by atoms with van der Waals surface area (Å²) in [5, 5.41) is 3.22. The monoisotopic (exact) mass is 276 g/mol. The molecule has 2 heterocycles. The Morgan fingerprint density at radius 1 is 1.10 bits per heavy atom. The maximum atomic E-state index is 5.53. The summed E-state index contributed by atoms with van der Waals surface area (Å²) >= 11 is 0. The van der Waals surface area contributed by atoms with E-state index < -0.39 is 0 Å². The first-order chi connectivity index (χ1) is 9.55. The zero-order chi connectivity index (χ0) is 14.7. The highest BCUT2D eigenvalue weighted by Crippen LogP contribution is 2.20. The van der Waals surface area contributed by atoms with Crippen LogP contribution >= 0.6 is 0 Å². The SMILES string of the molecule is CCc1nc(NN)c(C)c(NCc2nc(C)c(C)o2)n1. The standard InChI is InChI=1S/C13H20N6O/c1-5-10-17-12(7(2)13(18-10)19-14)15-6-11-16-8(3)9(4)20-11/h5-6,14H2,1-4H3,(H2,15,17,18,19). The molecule has 2 aromatic heterocycles. The Hall–Kier alpha value is -2.15. The number of nitrogen functional groups attached to an aromatic ring is 1. The Labute approximate surface area is 118 Å². The van der Waals surface area contributed by atoms with Crippen LogP contribution in [0.5, 0.6) is 0 Å². The van der Waals surface area contributed by atoms with E-state index in [2.05, 4.69) is 25.7 Å². The number of nitrogens with zero attached hydrogens (tertiary/aromatic N) is 3. The Balaban J connectivity index is 2.20. The third-order valence-corrected chi connectivity index (χ3v) is 3.12. The van der Waals surface area contributed by atoms with E-state index in [1.54, 1.807) is 0 Å². The summed E-state index contributed by atoms with van der Waals surface area (Å²) in [5.41, 5.74) is 4.36. The van der Waals surface area contributed by atoms with Gasteiger partial charge in [0.05, 0.1) is 12.2 Å². The lowest BCUT2D eigenvalue weighted by molar-refractivity contribution is 0.478. The summed E-state index contributed by atoms with van der Waals surface area (Å²) in [6.07, 6.45) is 0.737. The lowest BCUT2D eigenvalue weighted by Crippen LogP contribution is -2.14. The van der Waals surface area contributed by atoms with E-state index in [0.29, 0.717) is 18.3 Å². The van der Waals surface area contributed by atoms with Crippen molar-refractivity contribution in [3.8, 4) is 0 Å². The first-order valence-electron chi connectivity index (χ1n) is 6.56. The quantitative estimate of drug-likeness (QED) is 0.565. The molecule has 0 bridgehead atoms. The summed E-state index contributed by atoms with van der Waals surface area (Å²) in [7, 11) is 0. The van der Waals surface area contributed by atoms with Crippen LogP contribution in [0.25, 0.3) is 0 Å². The topological polar surface area (TPSA) is 102 Å². The Morgan fingerprint density at radius 2 is 1.80 bits per heavy atom. The molecule has 108 valence electrons. The predicted molar refractivity (Wildman–Crippen MR) is 77.3 cm³/mol. The van der Waals surface area contributed by atoms with Gasteiger partial charge in [0, 0.05) is 12.0 Å². The highest BCUT2D eigenvalue weighted by molar-refractivity contribution is 5.56. The molecule has 0 unspecified atom stereocenters. The Morgan fingerprint density at radius 3 is 2.35 bits per heavy atom. The number of hydrogen-bond donors (Lipinski definition) is 3. The molecule has 0 saturated carbocycles. The van der Waals surface area contributed by atoms with Crippen LogP contribution in [-0.4, -0.2) is 15.0 Å². The van der Waals surface area contributed by atoms with Crippen LogP contribution in [0.1, 0.15) is 35.7 Å². The number of oxazole rings is 1. The molecule has 0 aliphatic heterocycles. The van der Waals surface area contributed by atoms with E-state index >= 15 is 0 Å². The van der Waals surface area contributed by atoms with Crippen molar-refractivity contribution >= 4 is 11.6 Å². The van der Waals surface area contributed by atoms with Crippen molar-refractivity contribution in [2.24, 2.45) is 5.84 Å². The molecule has 0 aromatic carbocycles. The van der Waals surface area contributed by atoms with E-state index in [9.17, 15) is 0 Å². The average molecular weight is 276 g/mol. The number of aromatic nitrogens is 3. The molecule has 2 rings (SSSR count). The number of aryl methyl sites for hydroxylation is 3. The van der Waals surface area contributed by atoms with Gasteiger partial charge in [-0.2, -0.15) is 0 Å². The molecule has 0 spiro atoms. The molecule has 0 fully saturated rings. The van der Waals surface area contributed by atoms with Crippen molar-refractivity contribution in [1.29, 1.82) is 0 Å². The minimum atomic E-state index is 0.472. The number of nitrogens with two attached hydrogens (primary N) is 1. The summed E-state index contributed by atoms with van der Waals surface area (Å²) in [4.78, 5) is 13.1. The van der Waals surface area contributed by atoms with Gasteiger partial charge < -0.3 is 15.2 Å². The Bertz CT molecular complexity index is 588. The zero-order valence-electron chi connectivity index (χ0n) is 12.2. The molecule has 7 heteroatoms. The second kappa shape index (κ2) is 5.87. The van der Waals surface area contributed by atoms with Crippen molar-refractivity contribution < 1.29 is 4.42 Å². The first kappa shape index (κ1) is 14.3. The maximum Gasteiger partial charge on any atom is 0.213 e. The van der Waals surface area contributed by atoms with Gasteiger partial charge in [-0.3, -0.25) is 0 Å². The van der Waals surface area contributed by atoms with Gasteiger partial charge in [-0.1, -0.05) is 6.92 Å². The normalized spacial score (nSPS) is 10.7. The van der Waals surface area contributed by atoms with Crippen molar-refractivity contribution in [2.75, 3.05) is 10.7 Å². The number of hydrogen-bond acceptors (Lipinski definition) is 7. The fraction of sp³-hybridized carbons (Fsp3) is 0.462. The highest BCUT2D eigenvalue weighted by atomic mass is 16.4. The highest BCUT2D eigenvalue weighted by Gasteiger charge is 2.11. The molecule has 0 saturated heterocycles. The molecule has 7 nitrogen and oxygen atoms in total. The van der Waals surface area contributed by atoms with Crippen LogP contribution in [0, 0.1) is 20.8 Å². The van der Waals surface area contributed by atoms with Crippen molar-refractivity contribution in [1.82, 2.24) is 15.0 Å². The van der Waals surface area contributed by atoms with Crippen LogP contribution in [-0.2, 0) is 13.0 Å². The zero-order valence-corrected chi connectivity index (χ0v) is 12.2. The molecule has 2 aromatic rings. The summed E-state index contributed by atoms with van der Waals surface area (Å²) in [6.45, 7) is 8.19. The minimum Gasteiger partial charge on any atom is -0.444 e. The van der Waals surface area contributed by atoms with Crippen molar-refractivity contribution in [3.05, 3.63) is 28.7 Å². The molecule has 0 amide bonds. The van der Waals surface area contributed by atoms with Gasteiger partial charge in [0.25, 0.3) is 0 Å². The summed E-state index contributed by atoms with van der Waals surface area (Å²) < 4.78 is 5.53. The molecule has 20 heavy (non-hydrogen) atoms. The van der Waals surface area contributed by atoms with Gasteiger partial charge in [-0.15, -0.1) is 0 Å². The number of hydrazine groups is 1. The molecule has 0 aliphatic rings. The first-order valence-corrected chi connectivity index (χ1v) is 6.56. The van der Waals surface area contributed by atoms with Gasteiger partial charge in [-0.05, 0) is 20.8 Å². The molecule has 4 N–H and O–H groups in total. The van der Waals surface area contributed by atoms with E-state index in [1.165, 1.54) is 0 Å². The van der Waals surface area contributed by atoms with E-state index in [1.807, 2.05) is 27.7 Å². The van der Waals surface area contributed by atoms with Gasteiger partial charge in [-0.25, -0.2) is 20.8 Å². The van der Waals surface area contributed by atoms with E-state index in [4.69, 9.17) is 10.3 Å². The molecular weight excluding hydrogens is 256 g/mol. The number of nitrogens with one attached hydrogen (secondary N) is 2. The van der Waals surface area contributed by atoms with E-state index in [0.717, 1.165) is 35.1 Å². The van der Waals surface area contributed by atoms with Crippen LogP contribution in [0.4, 0.5) is 11.6 Å². The third kappa shape index (κ3) is 2.88. The minimum absolute atomic E-state index is 0.472. The second-order valence-corrected chi connectivity index (χ2v) is 4.56. The maximum absolute atomic E-state index is 5.53. The van der Waals surface area contributed by atoms with Crippen molar-refractivity contribution in [3.63, 3.8) is 0 Å². The molecule has 0 radical (unpaired) electrons. The third-order valence-electron chi connectivity index (χ3n) is 3.12. The van der Waals surface area contributed by atoms with Gasteiger partial charge in [0.2, 0.25) is 5.89 Å². The lowest BCUT2D eigenvalue weighted by Gasteiger charge is -2.12. The van der Waals surface area contributed by atoms with Crippen LogP contribution < -0.4 is 16.6 Å². The van der Waals surface area contributed by atoms with E-state index in [-0.39, 0.29) is 0 Å². The van der Waals surface area contributed by atoms with Gasteiger partial charge in [0.15, 0.2) is 0 Å². The Kier molecular flexibility index (Phi) is 4.19. The molecular formula is C13H20N6O. The fourth-order valence-corrected chi connectivity index (χ4v) is 1.81. The molecule has 0 aliphatic carbocycles. The van der Waals surface area contributed by atoms with Crippen molar-refractivity contribution in [2.45, 2.75) is 40.7 Å². The number of anilines is 2. The van der Waals surface area contributed by atoms with Gasteiger partial charge in [0.1, 0.15) is 23.2 Å². The van der Waals surface area contributed by atoms with Crippen LogP contribution in [0.15, 0.2) is 4.42 Å². The average Bonchev–Trinajstić information content (AvgIpc) is 2.76. The predicted octanol–water partition coefficient (Wildman–Crippen LogP) is 1.85. The summed E-state index contributed by atoms with van der Waals surface area (Å²) in [6, 6.07) is 0. The second-order valence-electron chi connectivity index (χ2n) is 4.56. The largest absolute Gasteiger partial charge is 0.444 e. The lowest BCUT2D eigenvalue weighted by atomic mass is 10.3. The van der Waals surface area contributed by atoms with Crippen LogP contribution in [0.3, 0.4) is 0 Å². The van der Waals surface area contributed by atoms with Gasteiger partial charge >= 0.3 is 0 Å². The smallest absolute Gasteiger partial charge is 0.213 e. The molecule has 0 atom stereocenters. The summed E-state index contributed by atoms with van der Waals surface area (Å²) in [5.74, 6) is 9.03. The fourth-order valence-electron chi connectivity index (χ4n) is 1.81. The van der Waals surface area contributed by atoms with Crippen LogP contribution in [0.2, 0.25) is 0 Å². The number of rotatable bonds is 5.